The van der Waals surface area contributed by atoms with Crippen LogP contribution in [0.25, 0.3) is 0 Å². The highest BCUT2D eigenvalue weighted by Crippen LogP contribution is 2.36. The van der Waals surface area contributed by atoms with Crippen molar-refractivity contribution in [2.24, 2.45) is 5.92 Å². The van der Waals surface area contributed by atoms with E-state index in [4.69, 9.17) is 9.47 Å². The van der Waals surface area contributed by atoms with Gasteiger partial charge in [-0.1, -0.05) is 13.8 Å². The van der Waals surface area contributed by atoms with Gasteiger partial charge in [-0.05, 0) is 19.3 Å². The van der Waals surface area contributed by atoms with Gasteiger partial charge in [-0.25, -0.2) is 4.98 Å². The molecule has 6 heteroatoms. The fourth-order valence-corrected chi connectivity index (χ4v) is 3.37. The molecular formula is C18H27N3O3. The molecule has 2 aliphatic heterocycles. The monoisotopic (exact) mass is 333 g/mol. The lowest BCUT2D eigenvalue weighted by atomic mass is 9.84. The smallest absolute Gasteiger partial charge is 0.232 e. The van der Waals surface area contributed by atoms with Crippen LogP contribution in [0.3, 0.4) is 0 Å². The lowest BCUT2D eigenvalue weighted by Crippen LogP contribution is -2.67. The van der Waals surface area contributed by atoms with Gasteiger partial charge in [0.2, 0.25) is 11.8 Å². The van der Waals surface area contributed by atoms with E-state index < -0.39 is 0 Å². The van der Waals surface area contributed by atoms with E-state index in [0.29, 0.717) is 37.9 Å². The number of carbonyl (C=O) groups is 1. The van der Waals surface area contributed by atoms with Crippen molar-refractivity contribution in [2.45, 2.75) is 58.2 Å². The molecule has 1 amide bonds. The molecule has 24 heavy (non-hydrogen) atoms. The Labute approximate surface area is 143 Å². The van der Waals surface area contributed by atoms with Gasteiger partial charge in [0.25, 0.3) is 0 Å². The van der Waals surface area contributed by atoms with E-state index >= 15 is 0 Å². The maximum Gasteiger partial charge on any atom is 0.232 e. The first-order valence-corrected chi connectivity index (χ1v) is 8.83. The molecule has 1 aromatic rings. The molecular weight excluding hydrogens is 306 g/mol. The summed E-state index contributed by atoms with van der Waals surface area (Å²) in [5.41, 5.74) is 0.619. The lowest BCUT2D eigenvalue weighted by Gasteiger charge is -2.52. The van der Waals surface area contributed by atoms with Crippen molar-refractivity contribution >= 4 is 5.91 Å². The second-order valence-corrected chi connectivity index (χ2v) is 7.45. The van der Waals surface area contributed by atoms with Gasteiger partial charge >= 0.3 is 0 Å². The first kappa shape index (κ1) is 17.1. The van der Waals surface area contributed by atoms with Gasteiger partial charge in [0, 0.05) is 25.5 Å². The quantitative estimate of drug-likeness (QED) is 0.828. The largest absolute Gasteiger partial charge is 0.473 e. The Hall–Kier alpha value is -1.69. The molecule has 0 unspecified atom stereocenters. The summed E-state index contributed by atoms with van der Waals surface area (Å²) in [6.45, 7) is 8.22. The third kappa shape index (κ3) is 4.04. The third-order valence-electron chi connectivity index (χ3n) is 4.71. The minimum Gasteiger partial charge on any atom is -0.473 e. The normalized spacial score (nSPS) is 22.5. The Balaban J connectivity index is 1.51. The zero-order chi connectivity index (χ0) is 17.2. The average molecular weight is 333 g/mol. The van der Waals surface area contributed by atoms with Crippen LogP contribution in [0.2, 0.25) is 0 Å². The number of carbonyl (C=O) groups excluding carboxylic acids is 1. The van der Waals surface area contributed by atoms with Crippen molar-refractivity contribution in [3.05, 3.63) is 18.1 Å². The minimum atomic E-state index is -0.229. The molecule has 2 saturated heterocycles. The summed E-state index contributed by atoms with van der Waals surface area (Å²) >= 11 is 0. The van der Waals surface area contributed by atoms with Crippen LogP contribution < -0.4 is 4.74 Å². The predicted molar refractivity (Wildman–Crippen MR) is 89.8 cm³/mol. The molecule has 0 N–H and O–H groups in total. The van der Waals surface area contributed by atoms with Crippen molar-refractivity contribution in [2.75, 3.05) is 19.7 Å². The summed E-state index contributed by atoms with van der Waals surface area (Å²) in [5, 5.41) is 0. The number of rotatable bonds is 5. The number of aryl methyl sites for hydroxylation is 1. The Morgan fingerprint density at radius 3 is 2.96 bits per heavy atom. The first-order valence-electron chi connectivity index (χ1n) is 8.83. The number of nitrogens with zero attached hydrogens (tertiary/aromatic N) is 3. The molecule has 1 aromatic heterocycles. The van der Waals surface area contributed by atoms with Crippen LogP contribution in [-0.4, -0.2) is 52.2 Å². The van der Waals surface area contributed by atoms with Crippen LogP contribution in [-0.2, 0) is 9.53 Å². The summed E-state index contributed by atoms with van der Waals surface area (Å²) in [6, 6.07) is 0. The zero-order valence-electron chi connectivity index (χ0n) is 14.8. The van der Waals surface area contributed by atoms with Gasteiger partial charge in [-0.15, -0.1) is 0 Å². The number of hydrogen-bond donors (Lipinski definition) is 0. The molecule has 0 saturated carbocycles. The Bertz CT molecular complexity index is 585. The van der Waals surface area contributed by atoms with Crippen molar-refractivity contribution < 1.29 is 14.3 Å². The highest BCUT2D eigenvalue weighted by atomic mass is 16.5. The van der Waals surface area contributed by atoms with Gasteiger partial charge in [0.05, 0.1) is 31.6 Å². The summed E-state index contributed by atoms with van der Waals surface area (Å²) in [7, 11) is 0. The molecule has 2 fully saturated rings. The number of amides is 1. The predicted octanol–water partition coefficient (Wildman–Crippen LogP) is 2.36. The molecule has 0 aliphatic carbocycles. The zero-order valence-corrected chi connectivity index (χ0v) is 14.8. The standard InChI is InChI=1S/C18H27N3O3/c1-13(2)4-5-17(22)21-11-18(12-21)8-15(6-7-23-18)24-16-10-19-9-14(3)20-16/h9-10,13,15H,4-8,11-12H2,1-3H3/t15-/m0/s1. The molecule has 132 valence electrons. The van der Waals surface area contributed by atoms with E-state index in [2.05, 4.69) is 23.8 Å². The van der Waals surface area contributed by atoms with E-state index in [-0.39, 0.29) is 17.6 Å². The van der Waals surface area contributed by atoms with E-state index in [1.807, 2.05) is 11.8 Å². The molecule has 3 heterocycles. The van der Waals surface area contributed by atoms with Crippen LogP contribution in [0.4, 0.5) is 0 Å². The van der Waals surface area contributed by atoms with Gasteiger partial charge in [0.1, 0.15) is 11.7 Å². The molecule has 1 spiro atoms. The van der Waals surface area contributed by atoms with Crippen LogP contribution in [0, 0.1) is 12.8 Å². The van der Waals surface area contributed by atoms with Crippen molar-refractivity contribution in [3.8, 4) is 5.88 Å². The highest BCUT2D eigenvalue weighted by Gasteiger charge is 2.49. The lowest BCUT2D eigenvalue weighted by molar-refractivity contribution is -0.193. The van der Waals surface area contributed by atoms with Gasteiger partial charge in [0.15, 0.2) is 0 Å². The van der Waals surface area contributed by atoms with Crippen LogP contribution in [0.15, 0.2) is 12.4 Å². The van der Waals surface area contributed by atoms with Gasteiger partial charge < -0.3 is 14.4 Å². The molecule has 0 bridgehead atoms. The van der Waals surface area contributed by atoms with Gasteiger partial charge in [-0.2, -0.15) is 0 Å². The molecule has 0 radical (unpaired) electrons. The van der Waals surface area contributed by atoms with Crippen LogP contribution >= 0.6 is 0 Å². The maximum atomic E-state index is 12.2. The van der Waals surface area contributed by atoms with Crippen LogP contribution in [0.5, 0.6) is 5.88 Å². The molecule has 3 rings (SSSR count). The number of ether oxygens (including phenoxy) is 2. The Kier molecular flexibility index (Phi) is 5.04. The van der Waals surface area contributed by atoms with E-state index in [0.717, 1.165) is 25.0 Å². The van der Waals surface area contributed by atoms with E-state index in [9.17, 15) is 4.79 Å². The summed E-state index contributed by atoms with van der Waals surface area (Å²) in [6.07, 6.45) is 6.66. The van der Waals surface area contributed by atoms with Crippen molar-refractivity contribution in [1.82, 2.24) is 14.9 Å². The third-order valence-corrected chi connectivity index (χ3v) is 4.71. The number of hydrogen-bond acceptors (Lipinski definition) is 5. The van der Waals surface area contributed by atoms with E-state index in [1.54, 1.807) is 12.4 Å². The second kappa shape index (κ2) is 7.05. The van der Waals surface area contributed by atoms with Gasteiger partial charge in [-0.3, -0.25) is 9.78 Å². The number of aromatic nitrogens is 2. The highest BCUT2D eigenvalue weighted by molar-refractivity contribution is 5.77. The maximum absolute atomic E-state index is 12.2. The first-order chi connectivity index (χ1) is 11.5. The molecule has 6 nitrogen and oxygen atoms in total. The van der Waals surface area contributed by atoms with Crippen molar-refractivity contribution in [3.63, 3.8) is 0 Å². The fraction of sp³-hybridized carbons (Fsp3) is 0.722. The Morgan fingerprint density at radius 2 is 2.25 bits per heavy atom. The van der Waals surface area contributed by atoms with Crippen LogP contribution in [0.1, 0.15) is 45.2 Å². The number of likely N-dealkylation sites (tertiary alicyclic amines) is 1. The summed E-state index contributed by atoms with van der Waals surface area (Å²) in [4.78, 5) is 22.6. The average Bonchev–Trinajstić information content (AvgIpc) is 2.50. The topological polar surface area (TPSA) is 64.6 Å². The summed E-state index contributed by atoms with van der Waals surface area (Å²) in [5.74, 6) is 1.37. The second-order valence-electron chi connectivity index (χ2n) is 7.45. The Morgan fingerprint density at radius 1 is 1.46 bits per heavy atom. The van der Waals surface area contributed by atoms with E-state index in [1.165, 1.54) is 0 Å². The molecule has 2 aliphatic rings. The SMILES string of the molecule is Cc1cncc(O[C@H]2CCOC3(C2)CN(C(=O)CCC(C)C)C3)n1. The van der Waals surface area contributed by atoms with Crippen molar-refractivity contribution in [1.29, 1.82) is 0 Å². The molecule has 1 atom stereocenters. The molecule has 0 aromatic carbocycles. The fourth-order valence-electron chi connectivity index (χ4n) is 3.37. The minimum absolute atomic E-state index is 0.0720. The summed E-state index contributed by atoms with van der Waals surface area (Å²) < 4.78 is 12.0.